The van der Waals surface area contributed by atoms with Gasteiger partial charge in [0.05, 0.1) is 12.0 Å². The lowest BCUT2D eigenvalue weighted by molar-refractivity contribution is -0.146. The number of halogens is 3. The van der Waals surface area contributed by atoms with Gasteiger partial charge in [0.2, 0.25) is 0 Å². The SMILES string of the molecule is CCC1CCC(Oc2ccc3cc(CCCN4C5CCCC4CC(C(=O)O)C5)ccc3c2C(F)(F)F)CC1. The van der Waals surface area contributed by atoms with E-state index in [9.17, 15) is 23.1 Å². The molecule has 2 aromatic rings. The number of rotatable bonds is 8. The Labute approximate surface area is 223 Å². The first-order valence-electron chi connectivity index (χ1n) is 14.5. The summed E-state index contributed by atoms with van der Waals surface area (Å²) in [4.78, 5) is 14.0. The number of hydrogen-bond donors (Lipinski definition) is 1. The molecule has 2 unspecified atom stereocenters. The van der Waals surface area contributed by atoms with E-state index in [1.807, 2.05) is 12.1 Å². The van der Waals surface area contributed by atoms with Crippen LogP contribution in [-0.2, 0) is 17.4 Å². The Kier molecular flexibility index (Phi) is 8.22. The van der Waals surface area contributed by atoms with Crippen molar-refractivity contribution in [1.82, 2.24) is 4.90 Å². The molecule has 0 amide bonds. The zero-order valence-corrected chi connectivity index (χ0v) is 22.3. The fourth-order valence-electron chi connectivity index (χ4n) is 7.25. The highest BCUT2D eigenvalue weighted by molar-refractivity contribution is 5.89. The van der Waals surface area contributed by atoms with Gasteiger partial charge in [-0.15, -0.1) is 0 Å². The molecule has 1 aliphatic carbocycles. The van der Waals surface area contributed by atoms with E-state index in [-0.39, 0.29) is 23.2 Å². The van der Waals surface area contributed by atoms with Crippen molar-refractivity contribution in [1.29, 1.82) is 0 Å². The number of benzene rings is 2. The smallest absolute Gasteiger partial charge is 0.420 e. The zero-order chi connectivity index (χ0) is 26.9. The first-order valence-corrected chi connectivity index (χ1v) is 14.5. The molecule has 208 valence electrons. The standard InChI is InChI=1S/C31H40F3NO3/c1-2-20-8-12-26(13-9-20)38-28-15-11-22-17-21(10-14-27(22)29(28)31(32,33)34)5-4-16-35-24-6-3-7-25(35)19-23(18-24)30(36)37/h10-11,14-15,17,20,23-26H,2-9,12-13,16,18-19H2,1H3,(H,36,37). The number of carboxylic acids is 1. The van der Waals surface area contributed by atoms with Gasteiger partial charge in [-0.2, -0.15) is 13.2 Å². The predicted molar refractivity (Wildman–Crippen MR) is 142 cm³/mol. The van der Waals surface area contributed by atoms with Crippen LogP contribution in [0, 0.1) is 11.8 Å². The Bertz CT molecular complexity index is 1110. The summed E-state index contributed by atoms with van der Waals surface area (Å²) in [6.45, 7) is 3.07. The van der Waals surface area contributed by atoms with Gasteiger partial charge in [-0.25, -0.2) is 0 Å². The van der Waals surface area contributed by atoms with Crippen molar-refractivity contribution in [2.45, 2.75) is 108 Å². The van der Waals surface area contributed by atoms with E-state index in [1.54, 1.807) is 12.1 Å². The third-order valence-electron chi connectivity index (χ3n) is 9.35. The van der Waals surface area contributed by atoms with Gasteiger partial charge in [-0.1, -0.05) is 44.0 Å². The lowest BCUT2D eigenvalue weighted by Gasteiger charge is -2.48. The summed E-state index contributed by atoms with van der Waals surface area (Å²) in [6.07, 6.45) is 6.54. The molecule has 38 heavy (non-hydrogen) atoms. The predicted octanol–water partition coefficient (Wildman–Crippen LogP) is 7.86. The van der Waals surface area contributed by atoms with E-state index in [1.165, 1.54) is 6.07 Å². The maximum absolute atomic E-state index is 14.2. The third-order valence-corrected chi connectivity index (χ3v) is 9.35. The first-order chi connectivity index (χ1) is 18.2. The van der Waals surface area contributed by atoms with Gasteiger partial charge in [-0.3, -0.25) is 9.69 Å². The van der Waals surface area contributed by atoms with Crippen LogP contribution >= 0.6 is 0 Å². The molecule has 2 aliphatic heterocycles. The molecule has 1 saturated carbocycles. The van der Waals surface area contributed by atoms with E-state index in [0.29, 0.717) is 23.4 Å². The molecule has 3 aliphatic rings. The molecule has 7 heteroatoms. The van der Waals surface area contributed by atoms with Crippen molar-refractivity contribution in [3.05, 3.63) is 41.5 Å². The normalized spacial score (nSPS) is 28.4. The average Bonchev–Trinajstić information content (AvgIpc) is 2.88. The molecule has 2 saturated heterocycles. The number of aryl methyl sites for hydroxylation is 1. The zero-order valence-electron chi connectivity index (χ0n) is 22.3. The molecule has 0 aromatic heterocycles. The average molecular weight is 532 g/mol. The second-order valence-corrected chi connectivity index (χ2v) is 11.7. The molecule has 4 nitrogen and oxygen atoms in total. The van der Waals surface area contributed by atoms with Gasteiger partial charge in [0, 0.05) is 12.1 Å². The summed E-state index contributed by atoms with van der Waals surface area (Å²) in [5.41, 5.74) is 0.371. The maximum atomic E-state index is 14.2. The Balaban J connectivity index is 1.26. The second-order valence-electron chi connectivity index (χ2n) is 11.7. The molecule has 2 bridgehead atoms. The van der Waals surface area contributed by atoms with Gasteiger partial charge >= 0.3 is 12.1 Å². The fourth-order valence-corrected chi connectivity index (χ4v) is 7.25. The maximum Gasteiger partial charge on any atom is 0.420 e. The molecule has 2 heterocycles. The summed E-state index contributed by atoms with van der Waals surface area (Å²) < 4.78 is 48.6. The van der Waals surface area contributed by atoms with Crippen LogP contribution in [0.4, 0.5) is 13.2 Å². The molecule has 0 radical (unpaired) electrons. The van der Waals surface area contributed by atoms with Crippen molar-refractivity contribution < 1.29 is 27.8 Å². The van der Waals surface area contributed by atoms with Crippen molar-refractivity contribution in [3.63, 3.8) is 0 Å². The van der Waals surface area contributed by atoms with Crippen LogP contribution < -0.4 is 4.74 Å². The van der Waals surface area contributed by atoms with Crippen LogP contribution in [0.25, 0.3) is 10.8 Å². The number of piperidine rings is 2. The van der Waals surface area contributed by atoms with Crippen LogP contribution in [0.2, 0.25) is 0 Å². The summed E-state index contributed by atoms with van der Waals surface area (Å²) in [5, 5.41) is 10.3. The summed E-state index contributed by atoms with van der Waals surface area (Å²) in [6, 6.07) is 9.27. The number of alkyl halides is 3. The molecule has 1 N–H and O–H groups in total. The number of nitrogens with zero attached hydrogens (tertiary/aromatic N) is 1. The lowest BCUT2D eigenvalue weighted by atomic mass is 9.78. The molecule has 2 aromatic carbocycles. The quantitative estimate of drug-likeness (QED) is 0.377. The Morgan fingerprint density at radius 1 is 1.03 bits per heavy atom. The molecule has 3 fully saturated rings. The van der Waals surface area contributed by atoms with Crippen molar-refractivity contribution in [2.75, 3.05) is 6.54 Å². The monoisotopic (exact) mass is 531 g/mol. The number of ether oxygens (including phenoxy) is 1. The Morgan fingerprint density at radius 3 is 2.37 bits per heavy atom. The van der Waals surface area contributed by atoms with Crippen molar-refractivity contribution >= 4 is 16.7 Å². The third kappa shape index (κ3) is 5.98. The fraction of sp³-hybridized carbons (Fsp3) is 0.645. The number of carbonyl (C=O) groups is 1. The summed E-state index contributed by atoms with van der Waals surface area (Å²) in [5.74, 6) is -0.296. The second kappa shape index (κ2) is 11.4. The van der Waals surface area contributed by atoms with Crippen molar-refractivity contribution in [3.8, 4) is 5.75 Å². The molecular formula is C31H40F3NO3. The Morgan fingerprint density at radius 2 is 1.74 bits per heavy atom. The molecule has 0 spiro atoms. The number of hydrogen-bond acceptors (Lipinski definition) is 3. The molecular weight excluding hydrogens is 491 g/mol. The Hall–Kier alpha value is -2.28. The number of fused-ring (bicyclic) bond motifs is 3. The minimum atomic E-state index is -4.49. The van der Waals surface area contributed by atoms with Crippen LogP contribution in [0.1, 0.15) is 88.7 Å². The minimum Gasteiger partial charge on any atom is -0.490 e. The van der Waals surface area contributed by atoms with Crippen molar-refractivity contribution in [2.24, 2.45) is 11.8 Å². The van der Waals surface area contributed by atoms with Gasteiger partial charge in [0.25, 0.3) is 0 Å². The van der Waals surface area contributed by atoms with E-state index in [4.69, 9.17) is 4.74 Å². The first kappa shape index (κ1) is 27.3. The highest BCUT2D eigenvalue weighted by atomic mass is 19.4. The van der Waals surface area contributed by atoms with E-state index in [2.05, 4.69) is 11.8 Å². The van der Waals surface area contributed by atoms with Crippen LogP contribution in [0.3, 0.4) is 0 Å². The highest BCUT2D eigenvalue weighted by Gasteiger charge is 2.40. The molecule has 2 atom stereocenters. The highest BCUT2D eigenvalue weighted by Crippen LogP contribution is 2.43. The van der Waals surface area contributed by atoms with Crippen LogP contribution in [0.15, 0.2) is 30.3 Å². The largest absolute Gasteiger partial charge is 0.490 e. The summed E-state index contributed by atoms with van der Waals surface area (Å²) >= 11 is 0. The number of carboxylic acid groups (broad SMARTS) is 1. The topological polar surface area (TPSA) is 49.8 Å². The molecule has 5 rings (SSSR count). The number of aliphatic carboxylic acids is 1. The van der Waals surface area contributed by atoms with E-state index in [0.717, 1.165) is 89.2 Å². The lowest BCUT2D eigenvalue weighted by Crippen LogP contribution is -2.53. The van der Waals surface area contributed by atoms with E-state index < -0.39 is 17.7 Å². The van der Waals surface area contributed by atoms with Crippen LogP contribution in [0.5, 0.6) is 5.75 Å². The van der Waals surface area contributed by atoms with Gasteiger partial charge < -0.3 is 9.84 Å². The summed E-state index contributed by atoms with van der Waals surface area (Å²) in [7, 11) is 0. The minimum absolute atomic E-state index is 0.0472. The van der Waals surface area contributed by atoms with E-state index >= 15 is 0 Å². The van der Waals surface area contributed by atoms with Gasteiger partial charge in [0.1, 0.15) is 11.3 Å². The van der Waals surface area contributed by atoms with Crippen LogP contribution in [-0.4, -0.2) is 40.7 Å². The van der Waals surface area contributed by atoms with Gasteiger partial charge in [0.15, 0.2) is 0 Å². The van der Waals surface area contributed by atoms with Gasteiger partial charge in [-0.05, 0) is 99.1 Å².